The van der Waals surface area contributed by atoms with Gasteiger partial charge in [-0.15, -0.1) is 0 Å². The summed E-state index contributed by atoms with van der Waals surface area (Å²) in [5, 5.41) is 3.48. The zero-order valence-electron chi connectivity index (χ0n) is 21.6. The van der Waals surface area contributed by atoms with Crippen LogP contribution in [0.25, 0.3) is 0 Å². The Hall–Kier alpha value is -0.0400. The second-order valence-electron chi connectivity index (χ2n) is 10.6. The molecule has 0 spiro atoms. The van der Waals surface area contributed by atoms with Crippen molar-refractivity contribution in [2.45, 2.75) is 167 Å². The SMILES string of the molecule is [CH2]CCCCCCCCCCCCCCCCCCCCCCCCC1CCNCC1. The molecule has 1 saturated heterocycles. The molecule has 1 fully saturated rings. The predicted octanol–water partition coefficient (Wildman–Crippen LogP) is 10.2. The van der Waals surface area contributed by atoms with Gasteiger partial charge in [0.1, 0.15) is 0 Å². The van der Waals surface area contributed by atoms with Crippen molar-refractivity contribution in [1.29, 1.82) is 0 Å². The Morgan fingerprint density at radius 3 is 1.03 bits per heavy atom. The molecule has 1 aliphatic rings. The van der Waals surface area contributed by atoms with Gasteiger partial charge in [-0.25, -0.2) is 0 Å². The van der Waals surface area contributed by atoms with E-state index >= 15 is 0 Å². The van der Waals surface area contributed by atoms with Crippen LogP contribution in [0.1, 0.15) is 167 Å². The summed E-state index contributed by atoms with van der Waals surface area (Å²) in [6.45, 7) is 6.45. The zero-order chi connectivity index (χ0) is 22.1. The predicted molar refractivity (Wildman–Crippen MR) is 142 cm³/mol. The van der Waals surface area contributed by atoms with Crippen molar-refractivity contribution < 1.29 is 0 Å². The fraction of sp³-hybridized carbons (Fsp3) is 0.967. The van der Waals surface area contributed by atoms with E-state index in [1.54, 1.807) is 0 Å². The Balaban J connectivity index is 1.62. The molecule has 1 N–H and O–H groups in total. The van der Waals surface area contributed by atoms with Crippen LogP contribution in [0.4, 0.5) is 0 Å². The van der Waals surface area contributed by atoms with E-state index in [0.717, 1.165) is 12.3 Å². The number of unbranched alkanes of at least 4 members (excludes halogenated alkanes) is 22. The molecule has 1 radical (unpaired) electrons. The van der Waals surface area contributed by atoms with Crippen LogP contribution in [0.2, 0.25) is 0 Å². The van der Waals surface area contributed by atoms with E-state index in [4.69, 9.17) is 0 Å². The largest absolute Gasteiger partial charge is 0.317 e. The van der Waals surface area contributed by atoms with E-state index in [1.165, 1.54) is 174 Å². The molecule has 0 unspecified atom stereocenters. The second-order valence-corrected chi connectivity index (χ2v) is 10.6. The lowest BCUT2D eigenvalue weighted by Crippen LogP contribution is -2.27. The Morgan fingerprint density at radius 2 is 0.710 bits per heavy atom. The average Bonchev–Trinajstić information content (AvgIpc) is 2.80. The molecule has 0 aromatic heterocycles. The van der Waals surface area contributed by atoms with Gasteiger partial charge in [-0.05, 0) is 31.8 Å². The Morgan fingerprint density at radius 1 is 0.419 bits per heavy atom. The first-order valence-corrected chi connectivity index (χ1v) is 14.9. The van der Waals surface area contributed by atoms with Crippen molar-refractivity contribution in [1.82, 2.24) is 5.32 Å². The number of hydrogen-bond acceptors (Lipinski definition) is 1. The number of nitrogens with one attached hydrogen (secondary N) is 1. The van der Waals surface area contributed by atoms with Crippen LogP contribution in [0.5, 0.6) is 0 Å². The van der Waals surface area contributed by atoms with Crippen molar-refractivity contribution in [3.05, 3.63) is 6.92 Å². The molecule has 31 heavy (non-hydrogen) atoms. The quantitative estimate of drug-likeness (QED) is 0.149. The maximum absolute atomic E-state index is 3.92. The topological polar surface area (TPSA) is 12.0 Å². The molecule has 1 heteroatoms. The minimum absolute atomic E-state index is 1.04. The highest BCUT2D eigenvalue weighted by Crippen LogP contribution is 2.20. The molecular formula is C30H60N. The van der Waals surface area contributed by atoms with Crippen molar-refractivity contribution in [3.63, 3.8) is 0 Å². The first-order valence-electron chi connectivity index (χ1n) is 14.9. The summed E-state index contributed by atoms with van der Waals surface area (Å²) in [6.07, 6.45) is 37.9. The Labute approximate surface area is 198 Å². The minimum Gasteiger partial charge on any atom is -0.317 e. The third-order valence-corrected chi connectivity index (χ3v) is 7.57. The van der Waals surface area contributed by atoms with E-state index in [2.05, 4.69) is 12.2 Å². The van der Waals surface area contributed by atoms with Crippen molar-refractivity contribution in [2.75, 3.05) is 13.1 Å². The molecular weight excluding hydrogens is 374 g/mol. The summed E-state index contributed by atoms with van der Waals surface area (Å²) in [5.41, 5.74) is 0. The van der Waals surface area contributed by atoms with E-state index < -0.39 is 0 Å². The van der Waals surface area contributed by atoms with Gasteiger partial charge in [0, 0.05) is 0 Å². The number of rotatable bonds is 24. The minimum atomic E-state index is 1.04. The van der Waals surface area contributed by atoms with Gasteiger partial charge in [0.15, 0.2) is 0 Å². The van der Waals surface area contributed by atoms with Crippen LogP contribution in [0.15, 0.2) is 0 Å². The molecule has 0 bridgehead atoms. The van der Waals surface area contributed by atoms with Gasteiger partial charge in [-0.3, -0.25) is 0 Å². The smallest absolute Gasteiger partial charge is 0.00463 e. The lowest BCUT2D eigenvalue weighted by Gasteiger charge is -2.22. The molecule has 185 valence electrons. The number of hydrogen-bond donors (Lipinski definition) is 1. The summed E-state index contributed by atoms with van der Waals surface area (Å²) in [4.78, 5) is 0. The molecule has 1 rings (SSSR count). The van der Waals surface area contributed by atoms with Crippen LogP contribution in [-0.4, -0.2) is 13.1 Å². The van der Waals surface area contributed by atoms with Gasteiger partial charge in [-0.2, -0.15) is 0 Å². The molecule has 0 saturated carbocycles. The van der Waals surface area contributed by atoms with Crippen LogP contribution >= 0.6 is 0 Å². The van der Waals surface area contributed by atoms with Crippen LogP contribution in [-0.2, 0) is 0 Å². The third-order valence-electron chi connectivity index (χ3n) is 7.57. The number of piperidine rings is 1. The Bertz CT molecular complexity index is 320. The first-order chi connectivity index (χ1) is 15.4. The summed E-state index contributed by atoms with van der Waals surface area (Å²) < 4.78 is 0. The average molecular weight is 435 g/mol. The van der Waals surface area contributed by atoms with Crippen LogP contribution < -0.4 is 5.32 Å². The lowest BCUT2D eigenvalue weighted by molar-refractivity contribution is 0.342. The van der Waals surface area contributed by atoms with Gasteiger partial charge in [0.25, 0.3) is 0 Å². The second kappa shape index (κ2) is 24.6. The molecule has 0 amide bonds. The van der Waals surface area contributed by atoms with E-state index in [1.807, 2.05) is 0 Å². The van der Waals surface area contributed by atoms with Gasteiger partial charge in [0.05, 0.1) is 0 Å². The van der Waals surface area contributed by atoms with E-state index in [0.29, 0.717) is 0 Å². The summed E-state index contributed by atoms with van der Waals surface area (Å²) in [5.74, 6) is 1.04. The van der Waals surface area contributed by atoms with Gasteiger partial charge in [-0.1, -0.05) is 161 Å². The highest BCUT2D eigenvalue weighted by Gasteiger charge is 2.11. The molecule has 0 aliphatic carbocycles. The van der Waals surface area contributed by atoms with Gasteiger partial charge in [0.2, 0.25) is 0 Å². The van der Waals surface area contributed by atoms with Crippen LogP contribution in [0.3, 0.4) is 0 Å². The van der Waals surface area contributed by atoms with E-state index in [9.17, 15) is 0 Å². The van der Waals surface area contributed by atoms with Gasteiger partial charge >= 0.3 is 0 Å². The highest BCUT2D eigenvalue weighted by atomic mass is 14.9. The van der Waals surface area contributed by atoms with Crippen molar-refractivity contribution in [3.8, 4) is 0 Å². The molecule has 0 aromatic rings. The zero-order valence-corrected chi connectivity index (χ0v) is 21.6. The first kappa shape index (κ1) is 29.0. The normalized spacial score (nSPS) is 15.0. The van der Waals surface area contributed by atoms with Gasteiger partial charge < -0.3 is 5.32 Å². The lowest BCUT2D eigenvalue weighted by atomic mass is 9.92. The fourth-order valence-electron chi connectivity index (χ4n) is 5.32. The van der Waals surface area contributed by atoms with E-state index in [-0.39, 0.29) is 0 Å². The van der Waals surface area contributed by atoms with Crippen molar-refractivity contribution >= 4 is 0 Å². The maximum atomic E-state index is 3.92. The van der Waals surface area contributed by atoms with Crippen LogP contribution in [0, 0.1) is 12.8 Å². The molecule has 1 aliphatic heterocycles. The highest BCUT2D eigenvalue weighted by molar-refractivity contribution is 4.68. The summed E-state index contributed by atoms with van der Waals surface area (Å²) >= 11 is 0. The molecule has 1 heterocycles. The maximum Gasteiger partial charge on any atom is -0.00463 e. The third kappa shape index (κ3) is 21.6. The fourth-order valence-corrected chi connectivity index (χ4v) is 5.32. The standard InChI is InChI=1S/C30H60N/c1-2-3-4-5-6-7-8-9-10-11-12-13-14-15-16-17-18-19-20-21-22-23-24-25-30-26-28-31-29-27-30/h30-31H,1-29H2. The molecule has 1 nitrogen and oxygen atoms in total. The van der Waals surface area contributed by atoms with Crippen molar-refractivity contribution in [2.24, 2.45) is 5.92 Å². The molecule has 0 atom stereocenters. The Kier molecular flexibility index (Phi) is 23.0. The summed E-state index contributed by atoms with van der Waals surface area (Å²) in [7, 11) is 0. The summed E-state index contributed by atoms with van der Waals surface area (Å²) in [6, 6.07) is 0. The monoisotopic (exact) mass is 434 g/mol. The molecule has 0 aromatic carbocycles.